The average Bonchev–Trinajstić information content (AvgIpc) is 3.23. The van der Waals surface area contributed by atoms with E-state index in [2.05, 4.69) is 9.62 Å². The van der Waals surface area contributed by atoms with Crippen molar-refractivity contribution in [2.24, 2.45) is 0 Å². The van der Waals surface area contributed by atoms with Crippen molar-refractivity contribution in [3.8, 4) is 17.2 Å². The zero-order chi connectivity index (χ0) is 20.3. The van der Waals surface area contributed by atoms with Crippen molar-refractivity contribution in [3.63, 3.8) is 0 Å². The van der Waals surface area contributed by atoms with Gasteiger partial charge in [-0.1, -0.05) is 18.2 Å². The highest BCUT2D eigenvalue weighted by Crippen LogP contribution is 2.34. The average molecular weight is 420 g/mol. The highest BCUT2D eigenvalue weighted by atomic mass is 32.2. The molecule has 0 amide bonds. The van der Waals surface area contributed by atoms with Gasteiger partial charge in [0.05, 0.1) is 31.3 Å². The summed E-state index contributed by atoms with van der Waals surface area (Å²) >= 11 is 0. The van der Waals surface area contributed by atoms with Gasteiger partial charge >= 0.3 is 0 Å². The normalized spacial score (nSPS) is 17.8. The predicted octanol–water partition coefficient (Wildman–Crippen LogP) is 1.78. The number of morpholine rings is 1. The molecule has 4 rings (SSSR count). The standard InChI is InChI=1S/C20H24N2O6S/c1-25-18-5-3-2-4-16(18)17(22-8-10-26-11-9-22)13-21-29(23,24)15-6-7-19-20(12-15)28-14-27-19/h2-7,12,17,21H,8-11,13-14H2,1H3. The third-order valence-corrected chi connectivity index (χ3v) is 6.53. The van der Waals surface area contributed by atoms with Crippen LogP contribution in [0.2, 0.25) is 0 Å². The quantitative estimate of drug-likeness (QED) is 0.731. The van der Waals surface area contributed by atoms with Gasteiger partial charge in [-0.2, -0.15) is 0 Å². The van der Waals surface area contributed by atoms with Crippen LogP contribution in [0.15, 0.2) is 47.4 Å². The Morgan fingerprint density at radius 1 is 1.10 bits per heavy atom. The number of sulfonamides is 1. The Balaban J connectivity index is 1.57. The van der Waals surface area contributed by atoms with Gasteiger partial charge in [0, 0.05) is 31.3 Å². The third-order valence-electron chi connectivity index (χ3n) is 5.11. The van der Waals surface area contributed by atoms with Crippen LogP contribution in [0, 0.1) is 0 Å². The Kier molecular flexibility index (Phi) is 5.91. The van der Waals surface area contributed by atoms with Gasteiger partial charge in [0.15, 0.2) is 11.5 Å². The second kappa shape index (κ2) is 8.58. The van der Waals surface area contributed by atoms with E-state index in [9.17, 15) is 8.42 Å². The number of methoxy groups -OCH3 is 1. The van der Waals surface area contributed by atoms with Crippen LogP contribution in [0.5, 0.6) is 17.2 Å². The van der Waals surface area contributed by atoms with E-state index in [0.29, 0.717) is 37.8 Å². The molecule has 2 aromatic carbocycles. The van der Waals surface area contributed by atoms with Gasteiger partial charge in [-0.05, 0) is 18.2 Å². The molecule has 2 heterocycles. The van der Waals surface area contributed by atoms with Crippen LogP contribution >= 0.6 is 0 Å². The molecule has 1 atom stereocenters. The Labute approximate surface area is 170 Å². The maximum atomic E-state index is 12.9. The number of nitrogens with one attached hydrogen (secondary N) is 1. The Morgan fingerprint density at radius 2 is 1.86 bits per heavy atom. The number of rotatable bonds is 7. The lowest BCUT2D eigenvalue weighted by Crippen LogP contribution is -2.43. The van der Waals surface area contributed by atoms with E-state index >= 15 is 0 Å². The molecule has 9 heteroatoms. The highest BCUT2D eigenvalue weighted by Gasteiger charge is 2.28. The molecule has 2 aliphatic rings. The van der Waals surface area contributed by atoms with Crippen molar-refractivity contribution < 1.29 is 27.4 Å². The summed E-state index contributed by atoms with van der Waals surface area (Å²) in [6, 6.07) is 12.1. The number of hydrogen-bond donors (Lipinski definition) is 1. The lowest BCUT2D eigenvalue weighted by molar-refractivity contribution is 0.0167. The number of hydrogen-bond acceptors (Lipinski definition) is 7. The first-order chi connectivity index (χ1) is 14.1. The Bertz CT molecular complexity index is 959. The number of ether oxygens (including phenoxy) is 4. The van der Waals surface area contributed by atoms with E-state index in [4.69, 9.17) is 18.9 Å². The fourth-order valence-electron chi connectivity index (χ4n) is 3.58. The van der Waals surface area contributed by atoms with E-state index in [-0.39, 0.29) is 24.3 Å². The molecule has 8 nitrogen and oxygen atoms in total. The summed E-state index contributed by atoms with van der Waals surface area (Å²) in [5.41, 5.74) is 0.935. The SMILES string of the molecule is COc1ccccc1C(CNS(=O)(=O)c1ccc2c(c1)OCO2)N1CCOCC1. The summed E-state index contributed by atoms with van der Waals surface area (Å²) in [4.78, 5) is 2.35. The van der Waals surface area contributed by atoms with Crippen LogP contribution in [0.4, 0.5) is 0 Å². The zero-order valence-electron chi connectivity index (χ0n) is 16.2. The molecule has 0 spiro atoms. The molecule has 0 aliphatic carbocycles. The van der Waals surface area contributed by atoms with Crippen LogP contribution in [0.3, 0.4) is 0 Å². The van der Waals surface area contributed by atoms with Gasteiger partial charge in [-0.15, -0.1) is 0 Å². The van der Waals surface area contributed by atoms with Gasteiger partial charge in [0.1, 0.15) is 5.75 Å². The Morgan fingerprint density at radius 3 is 2.66 bits per heavy atom. The number of benzene rings is 2. The molecule has 0 aromatic heterocycles. The molecule has 0 saturated carbocycles. The molecular formula is C20H24N2O6S. The molecular weight excluding hydrogens is 396 g/mol. The van der Waals surface area contributed by atoms with Crippen LogP contribution in [-0.4, -0.2) is 60.1 Å². The van der Waals surface area contributed by atoms with Gasteiger partial charge in [-0.3, -0.25) is 4.90 Å². The predicted molar refractivity (Wildman–Crippen MR) is 106 cm³/mol. The third kappa shape index (κ3) is 4.32. The summed E-state index contributed by atoms with van der Waals surface area (Å²) in [6.07, 6.45) is 0. The number of para-hydroxylation sites is 1. The zero-order valence-corrected chi connectivity index (χ0v) is 17.0. The molecule has 29 heavy (non-hydrogen) atoms. The fourth-order valence-corrected chi connectivity index (χ4v) is 4.64. The molecule has 1 fully saturated rings. The minimum atomic E-state index is -3.73. The molecule has 0 bridgehead atoms. The summed E-state index contributed by atoms with van der Waals surface area (Å²) in [5.74, 6) is 1.71. The molecule has 156 valence electrons. The van der Waals surface area contributed by atoms with Crippen LogP contribution in [0.25, 0.3) is 0 Å². The maximum absolute atomic E-state index is 12.9. The first-order valence-corrected chi connectivity index (χ1v) is 10.9. The molecule has 0 radical (unpaired) electrons. The van der Waals surface area contributed by atoms with Crippen LogP contribution < -0.4 is 18.9 Å². The smallest absolute Gasteiger partial charge is 0.240 e. The molecule has 2 aliphatic heterocycles. The van der Waals surface area contributed by atoms with E-state index in [0.717, 1.165) is 11.3 Å². The van der Waals surface area contributed by atoms with Gasteiger partial charge in [0.2, 0.25) is 16.8 Å². The van der Waals surface area contributed by atoms with Crippen LogP contribution in [0.1, 0.15) is 11.6 Å². The summed E-state index contributed by atoms with van der Waals surface area (Å²) in [6.45, 7) is 2.96. The summed E-state index contributed by atoms with van der Waals surface area (Å²) in [5, 5.41) is 0. The van der Waals surface area contributed by atoms with Gasteiger partial charge in [0.25, 0.3) is 0 Å². The van der Waals surface area contributed by atoms with Gasteiger partial charge < -0.3 is 18.9 Å². The highest BCUT2D eigenvalue weighted by molar-refractivity contribution is 7.89. The largest absolute Gasteiger partial charge is 0.496 e. The van der Waals surface area contributed by atoms with E-state index in [1.165, 1.54) is 12.1 Å². The first-order valence-electron chi connectivity index (χ1n) is 9.42. The first kappa shape index (κ1) is 20.0. The van der Waals surface area contributed by atoms with Gasteiger partial charge in [-0.25, -0.2) is 13.1 Å². The summed E-state index contributed by atoms with van der Waals surface area (Å²) in [7, 11) is -2.11. The summed E-state index contributed by atoms with van der Waals surface area (Å²) < 4.78 is 50.1. The topological polar surface area (TPSA) is 86.3 Å². The Hall–Kier alpha value is -2.33. The number of fused-ring (bicyclic) bond motifs is 1. The van der Waals surface area contributed by atoms with Crippen LogP contribution in [-0.2, 0) is 14.8 Å². The van der Waals surface area contributed by atoms with Crippen molar-refractivity contribution in [1.29, 1.82) is 0 Å². The molecule has 1 unspecified atom stereocenters. The molecule has 1 saturated heterocycles. The van der Waals surface area contributed by atoms with E-state index in [1.54, 1.807) is 13.2 Å². The van der Waals surface area contributed by atoms with Crippen molar-refractivity contribution in [2.45, 2.75) is 10.9 Å². The van der Waals surface area contributed by atoms with Crippen molar-refractivity contribution >= 4 is 10.0 Å². The minimum absolute atomic E-state index is 0.0964. The second-order valence-electron chi connectivity index (χ2n) is 6.77. The lowest BCUT2D eigenvalue weighted by atomic mass is 10.0. The second-order valence-corrected chi connectivity index (χ2v) is 8.54. The number of nitrogens with zero attached hydrogens (tertiary/aromatic N) is 1. The monoisotopic (exact) mass is 420 g/mol. The van der Waals surface area contributed by atoms with E-state index in [1.807, 2.05) is 24.3 Å². The van der Waals surface area contributed by atoms with Crippen molar-refractivity contribution in [1.82, 2.24) is 9.62 Å². The molecule has 2 aromatic rings. The lowest BCUT2D eigenvalue weighted by Gasteiger charge is -2.35. The van der Waals surface area contributed by atoms with Crippen molar-refractivity contribution in [3.05, 3.63) is 48.0 Å². The minimum Gasteiger partial charge on any atom is -0.496 e. The maximum Gasteiger partial charge on any atom is 0.240 e. The van der Waals surface area contributed by atoms with E-state index < -0.39 is 10.0 Å². The fraction of sp³-hybridized carbons (Fsp3) is 0.400. The molecule has 1 N–H and O–H groups in total. The van der Waals surface area contributed by atoms with Crippen molar-refractivity contribution in [2.75, 3.05) is 46.8 Å².